The number of pyridine rings is 1. The molecule has 2 aromatic heterocycles. The van der Waals surface area contributed by atoms with Crippen molar-refractivity contribution in [1.29, 1.82) is 0 Å². The van der Waals surface area contributed by atoms with Gasteiger partial charge in [-0.2, -0.15) is 0 Å². The van der Waals surface area contributed by atoms with Crippen LogP contribution in [0.5, 0.6) is 5.75 Å². The molecule has 1 unspecified atom stereocenters. The number of ether oxygens (including phenoxy) is 2. The maximum Gasteiger partial charge on any atom is 0.189 e. The Morgan fingerprint density at radius 3 is 2.97 bits per heavy atom. The van der Waals surface area contributed by atoms with Crippen LogP contribution in [0.1, 0.15) is 12.1 Å². The lowest BCUT2D eigenvalue weighted by molar-refractivity contribution is 0.0274. The molecule has 0 bridgehead atoms. The summed E-state index contributed by atoms with van der Waals surface area (Å²) in [6.45, 7) is 2.98. The van der Waals surface area contributed by atoms with E-state index in [1.165, 1.54) is 0 Å². The first-order valence-corrected chi connectivity index (χ1v) is 11.5. The zero-order chi connectivity index (χ0) is 21.3. The van der Waals surface area contributed by atoms with Gasteiger partial charge in [0.05, 0.1) is 23.4 Å². The average Bonchev–Trinajstić information content (AvgIpc) is 2.80. The van der Waals surface area contributed by atoms with Crippen LogP contribution in [0.15, 0.2) is 60.0 Å². The maximum absolute atomic E-state index is 6.40. The average molecular weight is 458 g/mol. The molecular formula is C22H24ClN5O2S. The minimum Gasteiger partial charge on any atom is -0.486 e. The third-order valence-corrected chi connectivity index (χ3v) is 5.80. The van der Waals surface area contributed by atoms with E-state index in [2.05, 4.69) is 25.6 Å². The Hall–Kier alpha value is -2.39. The summed E-state index contributed by atoms with van der Waals surface area (Å²) in [5.74, 6) is 2.23. The Morgan fingerprint density at radius 2 is 2.16 bits per heavy atom. The molecular weight excluding hydrogens is 434 g/mol. The van der Waals surface area contributed by atoms with E-state index in [1.54, 1.807) is 24.2 Å². The first-order valence-electron chi connectivity index (χ1n) is 10.1. The van der Waals surface area contributed by atoms with E-state index >= 15 is 0 Å². The largest absolute Gasteiger partial charge is 0.486 e. The maximum atomic E-state index is 6.40. The van der Waals surface area contributed by atoms with Crippen LogP contribution in [-0.4, -0.2) is 46.5 Å². The lowest BCUT2D eigenvalue weighted by Gasteiger charge is -2.23. The van der Waals surface area contributed by atoms with Gasteiger partial charge in [-0.15, -0.1) is 0 Å². The normalized spacial score (nSPS) is 16.1. The van der Waals surface area contributed by atoms with Crippen molar-refractivity contribution in [2.24, 2.45) is 0 Å². The first-order chi connectivity index (χ1) is 15.3. The van der Waals surface area contributed by atoms with Crippen molar-refractivity contribution in [3.05, 3.63) is 65.6 Å². The first kappa shape index (κ1) is 21.8. The summed E-state index contributed by atoms with van der Waals surface area (Å²) in [5, 5.41) is 7.87. The van der Waals surface area contributed by atoms with Crippen molar-refractivity contribution in [3.8, 4) is 5.75 Å². The van der Waals surface area contributed by atoms with Crippen LogP contribution in [0.25, 0.3) is 0 Å². The predicted molar refractivity (Wildman–Crippen MR) is 123 cm³/mol. The number of rotatable bonds is 9. The van der Waals surface area contributed by atoms with Gasteiger partial charge in [0.1, 0.15) is 18.2 Å². The van der Waals surface area contributed by atoms with E-state index < -0.39 is 0 Å². The topological polar surface area (TPSA) is 81.2 Å². The Balaban J connectivity index is 1.30. The van der Waals surface area contributed by atoms with Gasteiger partial charge in [-0.3, -0.25) is 4.98 Å². The molecule has 1 atom stereocenters. The number of thioether (sulfide) groups is 1. The molecule has 1 aliphatic heterocycles. The summed E-state index contributed by atoms with van der Waals surface area (Å²) < 4.78 is 11.5. The number of aromatic nitrogens is 3. The minimum atomic E-state index is 0.267. The van der Waals surface area contributed by atoms with Gasteiger partial charge in [-0.05, 0) is 42.8 Å². The van der Waals surface area contributed by atoms with Crippen molar-refractivity contribution < 1.29 is 9.47 Å². The molecule has 1 saturated heterocycles. The molecule has 0 aliphatic carbocycles. The number of halogens is 1. The Bertz CT molecular complexity index is 973. The Labute approximate surface area is 191 Å². The number of benzene rings is 1. The standard InChI is InChI=1S/C22H24ClN5O2S/c23-19-13-16(4-5-20(19)30-15-17-3-1-2-8-25-17)27-21-6-9-26-22(28-21)31-12-7-18-14-24-10-11-29-18/h1-6,8-9,13,18,24H,7,10-12,14-15H2,(H,26,27,28). The molecule has 3 heterocycles. The predicted octanol–water partition coefficient (Wildman–Crippen LogP) is 4.32. The van der Waals surface area contributed by atoms with Crippen LogP contribution < -0.4 is 15.4 Å². The molecule has 0 radical (unpaired) electrons. The molecule has 0 saturated carbocycles. The third-order valence-electron chi connectivity index (χ3n) is 4.61. The molecule has 0 spiro atoms. The molecule has 9 heteroatoms. The zero-order valence-electron chi connectivity index (χ0n) is 17.0. The SMILES string of the molecule is Clc1cc(Nc2ccnc(SCCC3CNCCO3)n2)ccc1OCc1ccccn1. The van der Waals surface area contributed by atoms with Gasteiger partial charge in [-0.25, -0.2) is 9.97 Å². The zero-order valence-corrected chi connectivity index (χ0v) is 18.5. The van der Waals surface area contributed by atoms with Crippen LogP contribution in [-0.2, 0) is 11.3 Å². The monoisotopic (exact) mass is 457 g/mol. The summed E-state index contributed by atoms with van der Waals surface area (Å²) in [4.78, 5) is 13.2. The van der Waals surface area contributed by atoms with Gasteiger partial charge in [0.15, 0.2) is 5.16 Å². The number of anilines is 2. The lowest BCUT2D eigenvalue weighted by Crippen LogP contribution is -2.38. The molecule has 7 nitrogen and oxygen atoms in total. The van der Waals surface area contributed by atoms with Crippen molar-refractivity contribution in [2.75, 3.05) is 30.8 Å². The highest BCUT2D eigenvalue weighted by Crippen LogP contribution is 2.29. The van der Waals surface area contributed by atoms with Crippen molar-refractivity contribution >= 4 is 34.9 Å². The van der Waals surface area contributed by atoms with Crippen LogP contribution in [0, 0.1) is 0 Å². The molecule has 1 aromatic carbocycles. The van der Waals surface area contributed by atoms with E-state index in [1.807, 2.05) is 42.5 Å². The van der Waals surface area contributed by atoms with E-state index in [0.29, 0.717) is 23.2 Å². The van der Waals surface area contributed by atoms with Gasteiger partial charge in [-0.1, -0.05) is 29.4 Å². The highest BCUT2D eigenvalue weighted by atomic mass is 35.5. The molecule has 162 valence electrons. The van der Waals surface area contributed by atoms with Crippen LogP contribution in [0.2, 0.25) is 5.02 Å². The van der Waals surface area contributed by atoms with Crippen molar-refractivity contribution in [3.63, 3.8) is 0 Å². The summed E-state index contributed by atoms with van der Waals surface area (Å²) >= 11 is 8.02. The highest BCUT2D eigenvalue weighted by molar-refractivity contribution is 7.99. The molecule has 0 amide bonds. The molecule has 1 aliphatic rings. The molecule has 1 fully saturated rings. The van der Waals surface area contributed by atoms with Crippen LogP contribution >= 0.6 is 23.4 Å². The van der Waals surface area contributed by atoms with Crippen LogP contribution in [0.4, 0.5) is 11.5 Å². The molecule has 4 rings (SSSR count). The summed E-state index contributed by atoms with van der Waals surface area (Å²) in [6.07, 6.45) is 4.72. The van der Waals surface area contributed by atoms with E-state index in [0.717, 1.165) is 48.4 Å². The van der Waals surface area contributed by atoms with Gasteiger partial charge < -0.3 is 20.1 Å². The van der Waals surface area contributed by atoms with E-state index in [9.17, 15) is 0 Å². The third kappa shape index (κ3) is 6.80. The second-order valence-corrected chi connectivity index (χ2v) is 8.41. The van der Waals surface area contributed by atoms with Gasteiger partial charge in [0.25, 0.3) is 0 Å². The van der Waals surface area contributed by atoms with E-state index in [4.69, 9.17) is 21.1 Å². The second kappa shape index (κ2) is 11.3. The fourth-order valence-electron chi connectivity index (χ4n) is 3.05. The molecule has 3 aromatic rings. The summed E-state index contributed by atoms with van der Waals surface area (Å²) in [6, 6.07) is 13.1. The molecule has 31 heavy (non-hydrogen) atoms. The minimum absolute atomic E-state index is 0.267. The quantitative estimate of drug-likeness (QED) is 0.363. The number of hydrogen-bond donors (Lipinski definition) is 2. The Kier molecular flexibility index (Phi) is 7.95. The number of nitrogens with zero attached hydrogens (tertiary/aromatic N) is 3. The number of morpholine rings is 1. The summed E-state index contributed by atoms with van der Waals surface area (Å²) in [7, 11) is 0. The highest BCUT2D eigenvalue weighted by Gasteiger charge is 2.13. The number of nitrogens with one attached hydrogen (secondary N) is 2. The fourth-order valence-corrected chi connectivity index (χ4v) is 4.14. The lowest BCUT2D eigenvalue weighted by atomic mass is 10.2. The van der Waals surface area contributed by atoms with Crippen molar-refractivity contribution in [2.45, 2.75) is 24.3 Å². The smallest absolute Gasteiger partial charge is 0.189 e. The van der Waals surface area contributed by atoms with Gasteiger partial charge >= 0.3 is 0 Å². The Morgan fingerprint density at radius 1 is 1.19 bits per heavy atom. The van der Waals surface area contributed by atoms with Crippen LogP contribution in [0.3, 0.4) is 0 Å². The number of hydrogen-bond acceptors (Lipinski definition) is 8. The summed E-state index contributed by atoms with van der Waals surface area (Å²) in [5.41, 5.74) is 1.67. The molecule has 2 N–H and O–H groups in total. The fraction of sp³-hybridized carbons (Fsp3) is 0.318. The van der Waals surface area contributed by atoms with Gasteiger partial charge in [0, 0.05) is 36.9 Å². The van der Waals surface area contributed by atoms with Crippen molar-refractivity contribution in [1.82, 2.24) is 20.3 Å². The van der Waals surface area contributed by atoms with Gasteiger partial charge in [0.2, 0.25) is 0 Å². The second-order valence-electron chi connectivity index (χ2n) is 6.94. The van der Waals surface area contributed by atoms with E-state index in [-0.39, 0.29) is 6.10 Å².